The number of hydrogen-bond donors (Lipinski definition) is 1. The Morgan fingerprint density at radius 1 is 1.09 bits per heavy atom. The molecule has 0 aliphatic carbocycles. The molecule has 0 saturated carbocycles. The van der Waals surface area contributed by atoms with Crippen LogP contribution in [0.3, 0.4) is 0 Å². The molecule has 2 rings (SSSR count). The lowest BCUT2D eigenvalue weighted by Gasteiger charge is -2.16. The van der Waals surface area contributed by atoms with Crippen LogP contribution in [0.5, 0.6) is 0 Å². The van der Waals surface area contributed by atoms with Gasteiger partial charge in [-0.15, -0.1) is 0 Å². The van der Waals surface area contributed by atoms with Crippen molar-refractivity contribution in [1.82, 2.24) is 0 Å². The average molecular weight is 328 g/mol. The Hall–Kier alpha value is -2.16. The van der Waals surface area contributed by atoms with Gasteiger partial charge in [-0.2, -0.15) is 5.26 Å². The molecule has 0 aliphatic heterocycles. The first-order chi connectivity index (χ1) is 10.8. The summed E-state index contributed by atoms with van der Waals surface area (Å²) in [7, 11) is -3.68. The van der Waals surface area contributed by atoms with Gasteiger partial charge in [-0.1, -0.05) is 36.4 Å². The van der Waals surface area contributed by atoms with Gasteiger partial charge in [0.25, 0.3) is 0 Å². The maximum absolute atomic E-state index is 12.4. The molecular weight excluding hydrogens is 308 g/mol. The molecule has 2 aromatic carbocycles. The highest BCUT2D eigenvalue weighted by Gasteiger charge is 2.35. The quantitative estimate of drug-likeness (QED) is 0.914. The largest absolute Gasteiger partial charge is 0.330 e. The van der Waals surface area contributed by atoms with Gasteiger partial charge < -0.3 is 5.73 Å². The zero-order valence-electron chi connectivity index (χ0n) is 13.3. The number of sulfone groups is 1. The van der Waals surface area contributed by atoms with Crippen LogP contribution in [-0.2, 0) is 16.3 Å². The van der Waals surface area contributed by atoms with Crippen molar-refractivity contribution >= 4 is 9.84 Å². The molecular formula is C18H20N2O2S. The molecule has 2 aromatic rings. The summed E-state index contributed by atoms with van der Waals surface area (Å²) in [6.07, 6.45) is 0.802. The molecule has 0 aliphatic rings. The third-order valence-corrected chi connectivity index (χ3v) is 6.13. The summed E-state index contributed by atoms with van der Waals surface area (Å²) in [5.41, 5.74) is 8.67. The van der Waals surface area contributed by atoms with Crippen molar-refractivity contribution in [3.8, 4) is 17.2 Å². The first-order valence-corrected chi connectivity index (χ1v) is 8.85. The Kier molecular flexibility index (Phi) is 4.88. The number of nitriles is 1. The van der Waals surface area contributed by atoms with E-state index in [1.807, 2.05) is 24.3 Å². The molecule has 0 saturated heterocycles. The van der Waals surface area contributed by atoms with Crippen molar-refractivity contribution in [2.75, 3.05) is 6.54 Å². The van der Waals surface area contributed by atoms with Gasteiger partial charge >= 0.3 is 0 Å². The summed E-state index contributed by atoms with van der Waals surface area (Å²) in [5, 5.41) is 9.07. The normalized spacial score (nSPS) is 11.9. The zero-order valence-corrected chi connectivity index (χ0v) is 14.1. The second kappa shape index (κ2) is 6.53. The van der Waals surface area contributed by atoms with Crippen molar-refractivity contribution in [3.63, 3.8) is 0 Å². The topological polar surface area (TPSA) is 84.0 Å². The van der Waals surface area contributed by atoms with Crippen LogP contribution in [0.4, 0.5) is 0 Å². The Bertz CT molecular complexity index is 832. The SMILES string of the molecule is CC(C)(C#N)S(=O)(=O)c1ccc(-c2cccc(CCN)c2)cc1. The average Bonchev–Trinajstić information content (AvgIpc) is 2.55. The fourth-order valence-electron chi connectivity index (χ4n) is 2.25. The van der Waals surface area contributed by atoms with Crippen LogP contribution in [-0.4, -0.2) is 19.7 Å². The summed E-state index contributed by atoms with van der Waals surface area (Å²) in [6.45, 7) is 3.41. The minimum Gasteiger partial charge on any atom is -0.330 e. The molecule has 4 nitrogen and oxygen atoms in total. The standard InChI is InChI=1S/C18H20N2O2S/c1-18(2,13-20)23(21,22)17-8-6-15(7-9-17)16-5-3-4-14(12-16)10-11-19/h3-9,12H,10-11,19H2,1-2H3. The lowest BCUT2D eigenvalue weighted by atomic mass is 10.0. The zero-order chi connectivity index (χ0) is 17.1. The number of nitrogens with zero attached hydrogens (tertiary/aromatic N) is 1. The van der Waals surface area contributed by atoms with Gasteiger partial charge in [0, 0.05) is 0 Å². The van der Waals surface area contributed by atoms with E-state index in [4.69, 9.17) is 11.0 Å². The highest BCUT2D eigenvalue weighted by molar-refractivity contribution is 7.93. The predicted molar refractivity (Wildman–Crippen MR) is 91.5 cm³/mol. The van der Waals surface area contributed by atoms with E-state index in [9.17, 15) is 8.42 Å². The lowest BCUT2D eigenvalue weighted by Crippen LogP contribution is -2.29. The summed E-state index contributed by atoms with van der Waals surface area (Å²) >= 11 is 0. The fraction of sp³-hybridized carbons (Fsp3) is 0.278. The smallest absolute Gasteiger partial charge is 0.196 e. The van der Waals surface area contributed by atoms with Crippen molar-refractivity contribution in [3.05, 3.63) is 54.1 Å². The second-order valence-electron chi connectivity index (χ2n) is 5.89. The molecule has 0 heterocycles. The Morgan fingerprint density at radius 3 is 2.30 bits per heavy atom. The minimum atomic E-state index is -3.68. The highest BCUT2D eigenvalue weighted by Crippen LogP contribution is 2.27. The molecule has 120 valence electrons. The molecule has 5 heteroatoms. The van der Waals surface area contributed by atoms with Gasteiger partial charge in [0.15, 0.2) is 14.6 Å². The van der Waals surface area contributed by atoms with Crippen LogP contribution in [0.15, 0.2) is 53.4 Å². The van der Waals surface area contributed by atoms with Crippen molar-refractivity contribution < 1.29 is 8.42 Å². The van der Waals surface area contributed by atoms with E-state index in [2.05, 4.69) is 6.07 Å². The molecule has 23 heavy (non-hydrogen) atoms. The predicted octanol–water partition coefficient (Wildman–Crippen LogP) is 2.93. The first kappa shape index (κ1) is 17.2. The van der Waals surface area contributed by atoms with E-state index in [0.717, 1.165) is 23.1 Å². The van der Waals surface area contributed by atoms with Gasteiger partial charge in [-0.3, -0.25) is 0 Å². The summed E-state index contributed by atoms with van der Waals surface area (Å²) < 4.78 is 23.4. The molecule has 0 spiro atoms. The Morgan fingerprint density at radius 2 is 1.74 bits per heavy atom. The van der Waals surface area contributed by atoms with E-state index in [0.29, 0.717) is 6.54 Å². The summed E-state index contributed by atoms with van der Waals surface area (Å²) in [6, 6.07) is 16.5. The molecule has 0 amide bonds. The minimum absolute atomic E-state index is 0.158. The van der Waals surface area contributed by atoms with Crippen molar-refractivity contribution in [2.45, 2.75) is 29.9 Å². The van der Waals surface area contributed by atoms with E-state index in [-0.39, 0.29) is 4.90 Å². The van der Waals surface area contributed by atoms with Crippen LogP contribution in [0.25, 0.3) is 11.1 Å². The third kappa shape index (κ3) is 3.44. The molecule has 0 unspecified atom stereocenters. The van der Waals surface area contributed by atoms with Gasteiger partial charge in [0.1, 0.15) is 0 Å². The van der Waals surface area contributed by atoms with Gasteiger partial charge in [0.2, 0.25) is 0 Å². The fourth-order valence-corrected chi connectivity index (χ4v) is 3.46. The second-order valence-corrected chi connectivity index (χ2v) is 8.39. The summed E-state index contributed by atoms with van der Waals surface area (Å²) in [4.78, 5) is 0.158. The molecule has 0 atom stereocenters. The van der Waals surface area contributed by atoms with E-state index < -0.39 is 14.6 Å². The molecule has 0 radical (unpaired) electrons. The Labute approximate surface area is 137 Å². The van der Waals surface area contributed by atoms with Crippen LogP contribution in [0, 0.1) is 11.3 Å². The molecule has 0 fully saturated rings. The van der Waals surface area contributed by atoms with Crippen LogP contribution in [0.2, 0.25) is 0 Å². The maximum atomic E-state index is 12.4. The van der Waals surface area contributed by atoms with E-state index in [1.165, 1.54) is 13.8 Å². The van der Waals surface area contributed by atoms with Crippen LogP contribution < -0.4 is 5.73 Å². The molecule has 0 bridgehead atoms. The third-order valence-electron chi connectivity index (χ3n) is 3.80. The maximum Gasteiger partial charge on any atom is 0.196 e. The number of nitrogens with two attached hydrogens (primary N) is 1. The van der Waals surface area contributed by atoms with Crippen LogP contribution >= 0.6 is 0 Å². The molecule has 2 N–H and O–H groups in total. The number of rotatable bonds is 5. The molecule has 0 aromatic heterocycles. The van der Waals surface area contributed by atoms with Gasteiger partial charge in [-0.25, -0.2) is 8.42 Å². The highest BCUT2D eigenvalue weighted by atomic mass is 32.2. The van der Waals surface area contributed by atoms with Crippen molar-refractivity contribution in [2.24, 2.45) is 5.73 Å². The van der Waals surface area contributed by atoms with Crippen LogP contribution in [0.1, 0.15) is 19.4 Å². The summed E-state index contributed by atoms with van der Waals surface area (Å²) in [5.74, 6) is 0. The van der Waals surface area contributed by atoms with Gasteiger partial charge in [0.05, 0.1) is 11.0 Å². The lowest BCUT2D eigenvalue weighted by molar-refractivity contribution is 0.574. The van der Waals surface area contributed by atoms with Crippen molar-refractivity contribution in [1.29, 1.82) is 5.26 Å². The van der Waals surface area contributed by atoms with E-state index >= 15 is 0 Å². The van der Waals surface area contributed by atoms with E-state index in [1.54, 1.807) is 24.3 Å². The Balaban J connectivity index is 2.38. The monoisotopic (exact) mass is 328 g/mol. The first-order valence-electron chi connectivity index (χ1n) is 7.37. The number of benzene rings is 2. The van der Waals surface area contributed by atoms with Gasteiger partial charge in [-0.05, 0) is 55.6 Å². The number of hydrogen-bond acceptors (Lipinski definition) is 4.